The van der Waals surface area contributed by atoms with Crippen LogP contribution in [0.4, 0.5) is 46.5 Å². The van der Waals surface area contributed by atoms with E-state index in [-0.39, 0.29) is 0 Å². The minimum atomic E-state index is -1.89. The number of hydrogen-bond acceptors (Lipinski definition) is 3. The summed E-state index contributed by atoms with van der Waals surface area (Å²) in [5.41, 5.74) is 4.24. The van der Waals surface area contributed by atoms with Gasteiger partial charge in [0.15, 0.2) is 52.3 Å². The summed E-state index contributed by atoms with van der Waals surface area (Å²) in [5.74, 6) is -16.3. The molecule has 0 unspecified atom stereocenters. The van der Waals surface area contributed by atoms with Crippen molar-refractivity contribution in [3.63, 3.8) is 0 Å². The van der Waals surface area contributed by atoms with Crippen LogP contribution in [0.15, 0.2) is 12.2 Å². The monoisotopic (exact) mass is 408 g/mol. The van der Waals surface area contributed by atoms with Gasteiger partial charge in [-0.15, -0.1) is 0 Å². The first-order valence-corrected chi connectivity index (χ1v) is 7.11. The Balaban J connectivity index is 2.37. The fourth-order valence-electron chi connectivity index (χ4n) is 2.01. The van der Waals surface area contributed by atoms with Crippen molar-refractivity contribution >= 4 is 29.3 Å². The summed E-state index contributed by atoms with van der Waals surface area (Å²) in [4.78, 5) is 11.6. The molecule has 0 aliphatic rings. The lowest BCUT2D eigenvalue weighted by Gasteiger charge is -2.06. The second-order valence-electron chi connectivity index (χ2n) is 5.24. The third-order valence-corrected chi connectivity index (χ3v) is 3.49. The zero-order valence-corrected chi connectivity index (χ0v) is 13.4. The number of nitrogen functional groups attached to an aromatic ring is 2. The molecule has 0 saturated heterocycles. The van der Waals surface area contributed by atoms with E-state index in [0.717, 1.165) is 0 Å². The van der Waals surface area contributed by atoms with E-state index in [9.17, 15) is 39.9 Å². The number of carbonyl (C=O) groups excluding carboxylic acids is 1. The molecule has 148 valence electrons. The molecule has 0 fully saturated rings. The summed E-state index contributed by atoms with van der Waals surface area (Å²) >= 11 is 0. The molecule has 0 aromatic heterocycles. The fraction of sp³-hybridized carbons (Fsp3) is 0. The highest BCUT2D eigenvalue weighted by Crippen LogP contribution is 2.28. The highest BCUT2D eigenvalue weighted by atomic mass is 19.2. The van der Waals surface area contributed by atoms with Crippen molar-refractivity contribution in [2.24, 2.45) is 0 Å². The van der Waals surface area contributed by atoms with Crippen molar-refractivity contribution < 1.29 is 39.9 Å². The number of benzene rings is 2. The minimum absolute atomic E-state index is 0.333. The maximum Gasteiger partial charge on any atom is 0.185 e. The van der Waals surface area contributed by atoms with Gasteiger partial charge in [-0.05, 0) is 24.3 Å². The van der Waals surface area contributed by atoms with Crippen molar-refractivity contribution in [2.75, 3.05) is 11.5 Å². The molecule has 3 nitrogen and oxygen atoms in total. The number of allylic oxidation sites excluding steroid dienone is 2. The third-order valence-electron chi connectivity index (χ3n) is 3.49. The number of halogens is 8. The maximum atomic E-state index is 13.6. The second-order valence-corrected chi connectivity index (χ2v) is 5.24. The predicted octanol–water partition coefficient (Wildman–Crippen LogP) is 4.26. The summed E-state index contributed by atoms with van der Waals surface area (Å²) in [6.07, 6.45) is 1.43. The van der Waals surface area contributed by atoms with E-state index in [1.807, 2.05) is 0 Å². The number of rotatable bonds is 4. The van der Waals surface area contributed by atoms with Crippen molar-refractivity contribution in [1.29, 1.82) is 0 Å². The van der Waals surface area contributed by atoms with Gasteiger partial charge in [0, 0.05) is 0 Å². The quantitative estimate of drug-likeness (QED) is 0.344. The largest absolute Gasteiger partial charge is 0.394 e. The van der Waals surface area contributed by atoms with E-state index in [4.69, 9.17) is 11.5 Å². The van der Waals surface area contributed by atoms with Crippen LogP contribution in [0.2, 0.25) is 0 Å². The van der Waals surface area contributed by atoms with Crippen LogP contribution < -0.4 is 11.5 Å². The molecule has 0 aliphatic carbocycles. The average Bonchev–Trinajstić information content (AvgIpc) is 2.67. The van der Waals surface area contributed by atoms with Crippen molar-refractivity contribution in [1.82, 2.24) is 0 Å². The molecule has 4 N–H and O–H groups in total. The zero-order chi connectivity index (χ0) is 21.3. The normalized spacial score (nSPS) is 11.7. The molecule has 0 bridgehead atoms. The first-order chi connectivity index (χ1) is 13.0. The number of anilines is 2. The molecule has 28 heavy (non-hydrogen) atoms. The van der Waals surface area contributed by atoms with Crippen LogP contribution in [-0.4, -0.2) is 5.78 Å². The van der Waals surface area contributed by atoms with Gasteiger partial charge in [0.2, 0.25) is 0 Å². The van der Waals surface area contributed by atoms with E-state index in [1.165, 1.54) is 0 Å². The molecule has 0 saturated carbocycles. The summed E-state index contributed by atoms with van der Waals surface area (Å²) in [7, 11) is 0. The highest BCUT2D eigenvalue weighted by molar-refractivity contribution is 6.04. The van der Waals surface area contributed by atoms with Gasteiger partial charge < -0.3 is 11.5 Å². The van der Waals surface area contributed by atoms with Gasteiger partial charge in [-0.2, -0.15) is 0 Å². The first-order valence-electron chi connectivity index (χ1n) is 7.11. The molecular formula is C17H8F8N2O. The number of ketones is 1. The van der Waals surface area contributed by atoms with Gasteiger partial charge in [-0.25, -0.2) is 35.1 Å². The van der Waals surface area contributed by atoms with Crippen molar-refractivity contribution in [2.45, 2.75) is 0 Å². The Hall–Kier alpha value is -3.37. The van der Waals surface area contributed by atoms with Crippen LogP contribution in [0.1, 0.15) is 11.1 Å². The molecule has 0 aliphatic heterocycles. The Bertz CT molecular complexity index is 907. The molecule has 0 amide bonds. The minimum Gasteiger partial charge on any atom is -0.394 e. The van der Waals surface area contributed by atoms with Crippen LogP contribution in [0.25, 0.3) is 12.2 Å². The SMILES string of the molecule is Nc1c(F)c(F)c(/C=C/C(=O)/C=C/c2c(F)c(F)c(N)c(F)c2F)c(F)c1F. The van der Waals surface area contributed by atoms with Crippen LogP contribution >= 0.6 is 0 Å². The second kappa shape index (κ2) is 7.71. The van der Waals surface area contributed by atoms with Gasteiger partial charge >= 0.3 is 0 Å². The van der Waals surface area contributed by atoms with E-state index in [1.54, 1.807) is 0 Å². The van der Waals surface area contributed by atoms with Crippen molar-refractivity contribution in [3.05, 3.63) is 69.8 Å². The lowest BCUT2D eigenvalue weighted by molar-refractivity contribution is -0.110. The Morgan fingerprint density at radius 1 is 0.536 bits per heavy atom. The zero-order valence-electron chi connectivity index (χ0n) is 13.4. The fourth-order valence-corrected chi connectivity index (χ4v) is 2.01. The summed E-state index contributed by atoms with van der Waals surface area (Å²) in [6.45, 7) is 0. The molecule has 0 radical (unpaired) electrons. The summed E-state index contributed by atoms with van der Waals surface area (Å²) in [6, 6.07) is 0. The van der Waals surface area contributed by atoms with Crippen LogP contribution in [0.5, 0.6) is 0 Å². The van der Waals surface area contributed by atoms with Crippen LogP contribution in [0.3, 0.4) is 0 Å². The lowest BCUT2D eigenvalue weighted by Crippen LogP contribution is -2.06. The van der Waals surface area contributed by atoms with Gasteiger partial charge in [0.05, 0.1) is 11.1 Å². The topological polar surface area (TPSA) is 69.1 Å². The predicted molar refractivity (Wildman–Crippen MR) is 84.4 cm³/mol. The molecule has 2 rings (SSSR count). The van der Waals surface area contributed by atoms with Gasteiger partial charge in [-0.1, -0.05) is 0 Å². The first kappa shape index (κ1) is 20.9. The lowest BCUT2D eigenvalue weighted by atomic mass is 10.1. The standard InChI is InChI=1S/C17H8F8N2O/c18-8-6(9(19)13(23)16(26)12(8)22)3-1-5(28)2-4-7-10(20)14(24)17(27)15(25)11(7)21/h1-4H,26-27H2/b3-1+,4-2+. The number of nitrogens with two attached hydrogens (primary N) is 2. The molecule has 0 atom stereocenters. The summed E-state index contributed by atoms with van der Waals surface area (Å²) in [5, 5.41) is 0. The van der Waals surface area contributed by atoms with E-state index < -0.39 is 74.8 Å². The van der Waals surface area contributed by atoms with Crippen LogP contribution in [0, 0.1) is 46.5 Å². The third kappa shape index (κ3) is 3.55. The van der Waals surface area contributed by atoms with Crippen molar-refractivity contribution in [3.8, 4) is 0 Å². The van der Waals surface area contributed by atoms with Gasteiger partial charge in [0.1, 0.15) is 11.4 Å². The number of hydrogen-bond donors (Lipinski definition) is 2. The summed E-state index contributed by atoms with van der Waals surface area (Å²) < 4.78 is 108. The molecule has 2 aromatic carbocycles. The molecule has 0 heterocycles. The Kier molecular flexibility index (Phi) is 5.76. The van der Waals surface area contributed by atoms with Gasteiger partial charge in [0.25, 0.3) is 0 Å². The van der Waals surface area contributed by atoms with Crippen LogP contribution in [-0.2, 0) is 4.79 Å². The Labute approximate surface area is 151 Å². The smallest absolute Gasteiger partial charge is 0.185 e. The van der Waals surface area contributed by atoms with E-state index >= 15 is 0 Å². The Morgan fingerprint density at radius 2 is 0.786 bits per heavy atom. The molecule has 2 aromatic rings. The Morgan fingerprint density at radius 3 is 1.04 bits per heavy atom. The molecule has 0 spiro atoms. The van der Waals surface area contributed by atoms with Gasteiger partial charge in [-0.3, -0.25) is 4.79 Å². The van der Waals surface area contributed by atoms with E-state index in [2.05, 4.69) is 0 Å². The molecular weight excluding hydrogens is 400 g/mol. The highest BCUT2D eigenvalue weighted by Gasteiger charge is 2.23. The number of carbonyl (C=O) groups is 1. The maximum absolute atomic E-state index is 13.6. The average molecular weight is 408 g/mol. The molecule has 11 heteroatoms. The van der Waals surface area contributed by atoms with E-state index in [0.29, 0.717) is 24.3 Å².